The second-order valence-corrected chi connectivity index (χ2v) is 7.71. The lowest BCUT2D eigenvalue weighted by molar-refractivity contribution is -0.0985. The topological polar surface area (TPSA) is 25.4 Å². The second-order valence-electron chi connectivity index (χ2n) is 6.10. The summed E-state index contributed by atoms with van der Waals surface area (Å²) in [5, 5.41) is 0. The van der Waals surface area contributed by atoms with E-state index >= 15 is 0 Å². The van der Waals surface area contributed by atoms with Gasteiger partial charge in [0.25, 0.3) is 0 Å². The highest BCUT2D eigenvalue weighted by atomic mass is 79.9. The van der Waals surface area contributed by atoms with Crippen LogP contribution in [0.4, 0.5) is 0 Å². The third-order valence-electron chi connectivity index (χ3n) is 4.75. The van der Waals surface area contributed by atoms with E-state index in [2.05, 4.69) is 41.7 Å². The first-order valence-corrected chi connectivity index (χ1v) is 8.47. The van der Waals surface area contributed by atoms with Crippen LogP contribution >= 0.6 is 31.9 Å². The first kappa shape index (κ1) is 12.6. The van der Waals surface area contributed by atoms with E-state index in [4.69, 9.17) is 4.74 Å². The van der Waals surface area contributed by atoms with Crippen molar-refractivity contribution in [3.8, 4) is 5.75 Å². The summed E-state index contributed by atoms with van der Waals surface area (Å²) in [6.45, 7) is 3.77. The van der Waals surface area contributed by atoms with E-state index in [0.717, 1.165) is 20.7 Å². The Kier molecular flexibility index (Phi) is 3.12. The molecular weight excluding hydrogens is 372 g/mol. The van der Waals surface area contributed by atoms with Crippen molar-refractivity contribution < 1.29 is 4.74 Å². The molecule has 0 amide bonds. The van der Waals surface area contributed by atoms with E-state index < -0.39 is 0 Å². The van der Waals surface area contributed by atoms with Crippen molar-refractivity contribution in [2.45, 2.75) is 18.9 Å². The molecular formula is C14H16Br2N2O. The number of hydrogen-bond donors (Lipinski definition) is 0. The van der Waals surface area contributed by atoms with Crippen LogP contribution in [0.5, 0.6) is 5.75 Å². The van der Waals surface area contributed by atoms with Gasteiger partial charge in [0.1, 0.15) is 16.5 Å². The lowest BCUT2D eigenvalue weighted by atomic mass is 9.66. The fourth-order valence-electron chi connectivity index (χ4n) is 4.18. The van der Waals surface area contributed by atoms with Gasteiger partial charge in [-0.2, -0.15) is 0 Å². The van der Waals surface area contributed by atoms with Crippen molar-refractivity contribution in [2.24, 2.45) is 17.8 Å². The van der Waals surface area contributed by atoms with Gasteiger partial charge in [0.15, 0.2) is 0 Å². The van der Waals surface area contributed by atoms with Gasteiger partial charge in [-0.3, -0.25) is 0 Å². The summed E-state index contributed by atoms with van der Waals surface area (Å²) in [5.41, 5.74) is 0. The Morgan fingerprint density at radius 1 is 1.16 bits per heavy atom. The van der Waals surface area contributed by atoms with Gasteiger partial charge in [0.2, 0.25) is 0 Å². The highest BCUT2D eigenvalue weighted by Gasteiger charge is 2.48. The van der Waals surface area contributed by atoms with Crippen molar-refractivity contribution in [1.29, 1.82) is 0 Å². The van der Waals surface area contributed by atoms with Crippen molar-refractivity contribution in [3.05, 3.63) is 21.3 Å². The van der Waals surface area contributed by atoms with Crippen molar-refractivity contribution in [3.63, 3.8) is 0 Å². The minimum absolute atomic E-state index is 0.391. The lowest BCUT2D eigenvalue weighted by Gasteiger charge is -2.55. The Balaban J connectivity index is 1.55. The smallest absolute Gasteiger partial charge is 0.139 e. The standard InChI is InChI=1S/C14H16Br2N2O/c15-12-3-11(4-17-14(12)16)19-13-9-1-8-2-10(13)7-18(5-8)6-9/h3-4,8-10,13H,1-2,5-7H2. The summed E-state index contributed by atoms with van der Waals surface area (Å²) in [6, 6.07) is 2.02. The molecule has 0 radical (unpaired) electrons. The number of piperidine rings is 3. The zero-order chi connectivity index (χ0) is 13.0. The average molecular weight is 388 g/mol. The molecule has 19 heavy (non-hydrogen) atoms. The number of pyridine rings is 1. The van der Waals surface area contributed by atoms with E-state index in [1.54, 1.807) is 0 Å². The van der Waals surface area contributed by atoms with Gasteiger partial charge in [0.05, 0.1) is 10.7 Å². The maximum Gasteiger partial charge on any atom is 0.139 e. The zero-order valence-corrected chi connectivity index (χ0v) is 13.7. The van der Waals surface area contributed by atoms with E-state index in [0.29, 0.717) is 17.9 Å². The number of halogens is 2. The van der Waals surface area contributed by atoms with E-state index in [9.17, 15) is 0 Å². The van der Waals surface area contributed by atoms with E-state index in [-0.39, 0.29) is 0 Å². The predicted octanol–water partition coefficient (Wildman–Crippen LogP) is 3.33. The Hall–Kier alpha value is -0.130. The van der Waals surface area contributed by atoms with Crippen LogP contribution in [0.15, 0.2) is 21.3 Å². The number of rotatable bonds is 2. The third kappa shape index (κ3) is 2.24. The molecule has 4 aliphatic rings. The van der Waals surface area contributed by atoms with Crippen LogP contribution in [0, 0.1) is 17.8 Å². The predicted molar refractivity (Wildman–Crippen MR) is 80.2 cm³/mol. The number of hydrogen-bond acceptors (Lipinski definition) is 3. The van der Waals surface area contributed by atoms with Crippen molar-refractivity contribution in [1.82, 2.24) is 9.88 Å². The van der Waals surface area contributed by atoms with Crippen molar-refractivity contribution >= 4 is 31.9 Å². The molecule has 3 saturated heterocycles. The molecule has 2 atom stereocenters. The van der Waals surface area contributed by atoms with Crippen LogP contribution in [0.25, 0.3) is 0 Å². The lowest BCUT2D eigenvalue weighted by Crippen LogP contribution is -2.61. The zero-order valence-electron chi connectivity index (χ0n) is 10.6. The number of aromatic nitrogens is 1. The van der Waals surface area contributed by atoms with Gasteiger partial charge in [0, 0.05) is 31.5 Å². The Morgan fingerprint density at radius 2 is 1.89 bits per heavy atom. The summed E-state index contributed by atoms with van der Waals surface area (Å²) >= 11 is 6.89. The molecule has 1 saturated carbocycles. The van der Waals surface area contributed by atoms with Crippen molar-refractivity contribution in [2.75, 3.05) is 19.6 Å². The average Bonchev–Trinajstić information content (AvgIpc) is 2.37. The van der Waals surface area contributed by atoms with Gasteiger partial charge in [-0.1, -0.05) is 0 Å². The SMILES string of the molecule is Brc1cc(OC2C3CC4CC2CN(C4)C3)cnc1Br. The summed E-state index contributed by atoms with van der Waals surface area (Å²) in [4.78, 5) is 6.92. The fraction of sp³-hybridized carbons (Fsp3) is 0.643. The van der Waals surface area contributed by atoms with Gasteiger partial charge >= 0.3 is 0 Å². The quantitative estimate of drug-likeness (QED) is 0.728. The Bertz CT molecular complexity index is 480. The molecule has 1 aliphatic carbocycles. The van der Waals surface area contributed by atoms with Gasteiger partial charge < -0.3 is 9.64 Å². The summed E-state index contributed by atoms with van der Waals surface area (Å²) < 4.78 is 8.07. The van der Waals surface area contributed by atoms with Crippen LogP contribution in [0.2, 0.25) is 0 Å². The van der Waals surface area contributed by atoms with Crippen LogP contribution in [-0.2, 0) is 0 Å². The fourth-order valence-corrected chi connectivity index (χ4v) is 4.73. The van der Waals surface area contributed by atoms with Crippen LogP contribution in [0.1, 0.15) is 12.8 Å². The third-order valence-corrected chi connectivity index (χ3v) is 6.52. The Morgan fingerprint density at radius 3 is 2.53 bits per heavy atom. The summed E-state index contributed by atoms with van der Waals surface area (Å²) in [5.74, 6) is 3.25. The maximum atomic E-state index is 6.29. The highest BCUT2D eigenvalue weighted by molar-refractivity contribution is 9.13. The molecule has 4 heterocycles. The van der Waals surface area contributed by atoms with Crippen LogP contribution in [-0.4, -0.2) is 35.6 Å². The van der Waals surface area contributed by atoms with E-state index in [1.807, 2.05) is 12.3 Å². The monoisotopic (exact) mass is 386 g/mol. The molecule has 0 aromatic carbocycles. The Labute approximate surface area is 130 Å². The first-order valence-electron chi connectivity index (χ1n) is 6.89. The number of nitrogens with zero attached hydrogens (tertiary/aromatic N) is 2. The van der Waals surface area contributed by atoms with Gasteiger partial charge in [-0.05, 0) is 56.7 Å². The molecule has 4 bridgehead atoms. The molecule has 1 aromatic rings. The van der Waals surface area contributed by atoms with Crippen LogP contribution < -0.4 is 4.74 Å². The number of ether oxygens (including phenoxy) is 1. The summed E-state index contributed by atoms with van der Waals surface area (Å²) in [7, 11) is 0. The molecule has 5 heteroatoms. The minimum atomic E-state index is 0.391. The molecule has 102 valence electrons. The van der Waals surface area contributed by atoms with Crippen LogP contribution in [0.3, 0.4) is 0 Å². The molecule has 5 rings (SSSR count). The minimum Gasteiger partial charge on any atom is -0.488 e. The normalized spacial score (nSPS) is 39.6. The largest absolute Gasteiger partial charge is 0.488 e. The molecule has 0 N–H and O–H groups in total. The summed E-state index contributed by atoms with van der Waals surface area (Å²) in [6.07, 6.45) is 4.91. The molecule has 4 fully saturated rings. The molecule has 0 spiro atoms. The molecule has 3 nitrogen and oxygen atoms in total. The highest BCUT2D eigenvalue weighted by Crippen LogP contribution is 2.45. The van der Waals surface area contributed by atoms with Gasteiger partial charge in [-0.15, -0.1) is 0 Å². The maximum absolute atomic E-state index is 6.29. The molecule has 3 aliphatic heterocycles. The second kappa shape index (κ2) is 4.71. The first-order chi connectivity index (χ1) is 9.19. The molecule has 2 unspecified atom stereocenters. The van der Waals surface area contributed by atoms with Gasteiger partial charge in [-0.25, -0.2) is 4.98 Å². The van der Waals surface area contributed by atoms with E-state index in [1.165, 1.54) is 32.5 Å². The molecule has 1 aromatic heterocycles.